The van der Waals surface area contributed by atoms with E-state index >= 15 is 0 Å². The third-order valence-electron chi connectivity index (χ3n) is 3.08. The Labute approximate surface area is 139 Å². The molecule has 1 rings (SSSR count). The monoisotopic (exact) mass is 348 g/mol. The Morgan fingerprint density at radius 1 is 1.32 bits per heavy atom. The largest absolute Gasteiger partial charge is 0.463 e. The standard InChI is InChI=1S/C15H24O5S2/c1-11(2)15(18)20-10-12(16)9-19-14(17)6-4-3-5-13-7-8-21-22-13/h12-13,16H,1,3-10H2,2H3/t12?,13-/m1/s1. The molecule has 0 aromatic heterocycles. The minimum absolute atomic E-state index is 0.155. The minimum atomic E-state index is -1.00. The molecule has 126 valence electrons. The van der Waals surface area contributed by atoms with Crippen molar-refractivity contribution < 1.29 is 24.2 Å². The maximum atomic E-state index is 11.5. The molecule has 0 aromatic carbocycles. The first kappa shape index (κ1) is 19.4. The Morgan fingerprint density at radius 3 is 2.68 bits per heavy atom. The molecule has 1 fully saturated rings. The van der Waals surface area contributed by atoms with E-state index < -0.39 is 12.1 Å². The molecule has 7 heteroatoms. The quantitative estimate of drug-likeness (QED) is 0.282. The summed E-state index contributed by atoms with van der Waals surface area (Å²) in [5.74, 6) is 0.345. The summed E-state index contributed by atoms with van der Waals surface area (Å²) >= 11 is 0. The highest BCUT2D eigenvalue weighted by molar-refractivity contribution is 8.77. The van der Waals surface area contributed by atoms with E-state index in [2.05, 4.69) is 6.58 Å². The van der Waals surface area contributed by atoms with Crippen LogP contribution in [0.4, 0.5) is 0 Å². The molecule has 1 heterocycles. The van der Waals surface area contributed by atoms with E-state index in [9.17, 15) is 14.7 Å². The van der Waals surface area contributed by atoms with Gasteiger partial charge in [-0.3, -0.25) is 4.79 Å². The van der Waals surface area contributed by atoms with Crippen molar-refractivity contribution in [1.82, 2.24) is 0 Å². The predicted octanol–water partition coefficient (Wildman–Crippen LogP) is 2.72. The van der Waals surface area contributed by atoms with Crippen molar-refractivity contribution >= 4 is 33.5 Å². The van der Waals surface area contributed by atoms with Crippen molar-refractivity contribution in [3.63, 3.8) is 0 Å². The predicted molar refractivity (Wildman–Crippen MR) is 89.7 cm³/mol. The summed E-state index contributed by atoms with van der Waals surface area (Å²) < 4.78 is 9.73. The van der Waals surface area contributed by atoms with E-state index in [0.717, 1.165) is 24.5 Å². The van der Waals surface area contributed by atoms with E-state index in [1.807, 2.05) is 21.6 Å². The summed E-state index contributed by atoms with van der Waals surface area (Å²) in [5, 5.41) is 10.3. The molecule has 0 aliphatic carbocycles. The highest BCUT2D eigenvalue weighted by Gasteiger charge is 2.16. The first-order chi connectivity index (χ1) is 10.5. The molecule has 0 amide bonds. The number of aliphatic hydroxyl groups excluding tert-OH is 1. The average Bonchev–Trinajstić information content (AvgIpc) is 3.00. The molecule has 0 aromatic rings. The van der Waals surface area contributed by atoms with E-state index in [0.29, 0.717) is 6.42 Å². The highest BCUT2D eigenvalue weighted by atomic mass is 33.1. The van der Waals surface area contributed by atoms with Gasteiger partial charge in [-0.25, -0.2) is 4.79 Å². The first-order valence-electron chi connectivity index (χ1n) is 7.43. The number of hydrogen-bond donors (Lipinski definition) is 1. The maximum Gasteiger partial charge on any atom is 0.333 e. The molecule has 0 saturated carbocycles. The van der Waals surface area contributed by atoms with Crippen LogP contribution >= 0.6 is 21.6 Å². The van der Waals surface area contributed by atoms with Crippen LogP contribution in [0.2, 0.25) is 0 Å². The van der Waals surface area contributed by atoms with Crippen LogP contribution in [0.15, 0.2) is 12.2 Å². The van der Waals surface area contributed by atoms with Crippen LogP contribution in [-0.2, 0) is 19.1 Å². The third kappa shape index (κ3) is 8.70. The summed E-state index contributed by atoms with van der Waals surface area (Å²) in [6, 6.07) is 0. The molecule has 1 aliphatic rings. The van der Waals surface area contributed by atoms with E-state index in [-0.39, 0.29) is 24.8 Å². The van der Waals surface area contributed by atoms with Gasteiger partial charge in [0.25, 0.3) is 0 Å². The van der Waals surface area contributed by atoms with Crippen LogP contribution in [-0.4, -0.2) is 47.4 Å². The fraction of sp³-hybridized carbons (Fsp3) is 0.733. The summed E-state index contributed by atoms with van der Waals surface area (Å²) in [6.45, 7) is 4.60. The molecule has 1 saturated heterocycles. The molecular weight excluding hydrogens is 324 g/mol. The van der Waals surface area contributed by atoms with Gasteiger partial charge in [-0.15, -0.1) is 0 Å². The smallest absolute Gasteiger partial charge is 0.333 e. The second kappa shape index (κ2) is 11.0. The van der Waals surface area contributed by atoms with Crippen molar-refractivity contribution in [3.8, 4) is 0 Å². The number of hydrogen-bond acceptors (Lipinski definition) is 7. The zero-order valence-electron chi connectivity index (χ0n) is 12.9. The number of ether oxygens (including phenoxy) is 2. The van der Waals surface area contributed by atoms with Crippen molar-refractivity contribution in [2.75, 3.05) is 19.0 Å². The molecule has 0 radical (unpaired) electrons. The lowest BCUT2D eigenvalue weighted by Crippen LogP contribution is -2.25. The summed E-state index contributed by atoms with van der Waals surface area (Å²) in [4.78, 5) is 22.7. The summed E-state index contributed by atoms with van der Waals surface area (Å²) in [7, 11) is 3.87. The molecule has 0 spiro atoms. The molecule has 22 heavy (non-hydrogen) atoms. The van der Waals surface area contributed by atoms with Gasteiger partial charge in [0.1, 0.15) is 19.3 Å². The molecule has 0 bridgehead atoms. The number of carbonyl (C=O) groups is 2. The number of aliphatic hydroxyl groups is 1. The van der Waals surface area contributed by atoms with E-state index in [4.69, 9.17) is 9.47 Å². The highest BCUT2D eigenvalue weighted by Crippen LogP contribution is 2.39. The van der Waals surface area contributed by atoms with Crippen LogP contribution in [0.3, 0.4) is 0 Å². The Hall–Kier alpha value is -0.660. The van der Waals surface area contributed by atoms with Crippen molar-refractivity contribution in [2.45, 2.75) is 50.4 Å². The Balaban J connectivity index is 1.99. The maximum absolute atomic E-state index is 11.5. The minimum Gasteiger partial charge on any atom is -0.463 e. The van der Waals surface area contributed by atoms with Crippen LogP contribution < -0.4 is 0 Å². The first-order valence-corrected chi connectivity index (χ1v) is 9.82. The lowest BCUT2D eigenvalue weighted by molar-refractivity contribution is -0.150. The van der Waals surface area contributed by atoms with Crippen LogP contribution in [0.1, 0.15) is 39.0 Å². The van der Waals surface area contributed by atoms with Gasteiger partial charge >= 0.3 is 11.9 Å². The lowest BCUT2D eigenvalue weighted by Gasteiger charge is -2.12. The van der Waals surface area contributed by atoms with Gasteiger partial charge in [0.05, 0.1) is 0 Å². The summed E-state index contributed by atoms with van der Waals surface area (Å²) in [5.41, 5.74) is 0.267. The molecular formula is C15H24O5S2. The lowest BCUT2D eigenvalue weighted by atomic mass is 10.1. The van der Waals surface area contributed by atoms with Crippen LogP contribution in [0.5, 0.6) is 0 Å². The third-order valence-corrected chi connectivity index (χ3v) is 6.08. The van der Waals surface area contributed by atoms with Crippen molar-refractivity contribution in [2.24, 2.45) is 0 Å². The van der Waals surface area contributed by atoms with Crippen molar-refractivity contribution in [1.29, 1.82) is 0 Å². The molecule has 1 N–H and O–H groups in total. The Bertz CT molecular complexity index is 380. The zero-order chi connectivity index (χ0) is 16.4. The number of esters is 2. The molecule has 1 unspecified atom stereocenters. The molecule has 1 aliphatic heterocycles. The number of unbranched alkanes of at least 4 members (excludes halogenated alkanes) is 1. The fourth-order valence-corrected chi connectivity index (χ4v) is 4.84. The zero-order valence-corrected chi connectivity index (χ0v) is 14.5. The number of carbonyl (C=O) groups excluding carboxylic acids is 2. The molecule has 2 atom stereocenters. The normalized spacial score (nSPS) is 18.7. The van der Waals surface area contributed by atoms with Gasteiger partial charge in [0.2, 0.25) is 0 Å². The van der Waals surface area contributed by atoms with Crippen LogP contribution in [0.25, 0.3) is 0 Å². The van der Waals surface area contributed by atoms with Gasteiger partial charge in [-0.1, -0.05) is 34.6 Å². The Kier molecular flexibility index (Phi) is 9.66. The van der Waals surface area contributed by atoms with Gasteiger partial charge < -0.3 is 14.6 Å². The van der Waals surface area contributed by atoms with Gasteiger partial charge in [-0.05, 0) is 26.2 Å². The van der Waals surface area contributed by atoms with E-state index in [1.165, 1.54) is 19.1 Å². The second-order valence-corrected chi connectivity index (χ2v) is 8.08. The average molecular weight is 348 g/mol. The van der Waals surface area contributed by atoms with Gasteiger partial charge in [0, 0.05) is 23.0 Å². The number of rotatable bonds is 10. The fourth-order valence-electron chi connectivity index (χ4n) is 1.81. The van der Waals surface area contributed by atoms with Gasteiger partial charge in [-0.2, -0.15) is 0 Å². The SMILES string of the molecule is C=C(C)C(=O)OCC(O)COC(=O)CCCC[C@@H]1CCSS1. The molecule has 5 nitrogen and oxygen atoms in total. The Morgan fingerprint density at radius 2 is 2.05 bits per heavy atom. The van der Waals surface area contributed by atoms with Crippen molar-refractivity contribution in [3.05, 3.63) is 12.2 Å². The topological polar surface area (TPSA) is 72.8 Å². The second-order valence-electron chi connectivity index (χ2n) is 5.29. The van der Waals surface area contributed by atoms with Crippen LogP contribution in [0, 0.1) is 0 Å². The summed E-state index contributed by atoms with van der Waals surface area (Å²) in [6.07, 6.45) is 3.59. The van der Waals surface area contributed by atoms with E-state index in [1.54, 1.807) is 0 Å². The van der Waals surface area contributed by atoms with Gasteiger partial charge in [0.15, 0.2) is 0 Å².